The van der Waals surface area contributed by atoms with E-state index in [1.54, 1.807) is 27.8 Å². The Morgan fingerprint density at radius 1 is 1.24 bits per heavy atom. The van der Waals surface area contributed by atoms with Crippen molar-refractivity contribution in [1.82, 2.24) is 14.5 Å². The number of thiophene rings is 1. The highest BCUT2D eigenvalue weighted by atomic mass is 32.2. The second kappa shape index (κ2) is 10.8. The largest absolute Gasteiger partial charge is 0.376 e. The number of hydrogen-bond donors (Lipinski definition) is 0. The molecule has 1 amide bonds. The van der Waals surface area contributed by atoms with Crippen LogP contribution in [0.1, 0.15) is 47.6 Å². The molecule has 7 nitrogen and oxygen atoms in total. The lowest BCUT2D eigenvalue weighted by molar-refractivity contribution is 0.0504. The summed E-state index contributed by atoms with van der Waals surface area (Å²) in [5.74, 6) is 0.0191. The molecule has 4 rings (SSSR count). The number of sulfone groups is 1. The monoisotopic (exact) mass is 501 g/mol. The van der Waals surface area contributed by atoms with E-state index in [0.29, 0.717) is 30.3 Å². The SMILES string of the molecule is CC(C)Cn1c(CN(CC2CCCO2)C(=O)c2cccs2)cnc1S(=O)(=O)Cc1ccccc1. The maximum absolute atomic E-state index is 13.3. The fourth-order valence-electron chi connectivity index (χ4n) is 4.19. The van der Waals surface area contributed by atoms with Crippen molar-refractivity contribution in [3.63, 3.8) is 0 Å². The topological polar surface area (TPSA) is 81.5 Å². The Balaban J connectivity index is 1.64. The second-order valence-corrected chi connectivity index (χ2v) is 11.9. The number of aromatic nitrogens is 2. The molecule has 3 heterocycles. The molecule has 1 aliphatic rings. The zero-order chi connectivity index (χ0) is 24.1. The molecule has 34 heavy (non-hydrogen) atoms. The molecule has 1 atom stereocenters. The summed E-state index contributed by atoms with van der Waals surface area (Å²) in [4.78, 5) is 20.1. The summed E-state index contributed by atoms with van der Waals surface area (Å²) in [5, 5.41) is 1.94. The van der Waals surface area contributed by atoms with E-state index >= 15 is 0 Å². The number of carbonyl (C=O) groups excluding carboxylic acids is 1. The zero-order valence-corrected chi connectivity index (χ0v) is 21.2. The molecule has 1 saturated heterocycles. The van der Waals surface area contributed by atoms with Gasteiger partial charge >= 0.3 is 0 Å². The van der Waals surface area contributed by atoms with Crippen LogP contribution in [0.2, 0.25) is 0 Å². The van der Waals surface area contributed by atoms with Gasteiger partial charge in [-0.1, -0.05) is 50.2 Å². The van der Waals surface area contributed by atoms with Crippen LogP contribution in [0.25, 0.3) is 0 Å². The Morgan fingerprint density at radius 3 is 2.68 bits per heavy atom. The maximum Gasteiger partial charge on any atom is 0.264 e. The zero-order valence-electron chi connectivity index (χ0n) is 19.6. The number of carbonyl (C=O) groups is 1. The molecule has 1 aromatic carbocycles. The average molecular weight is 502 g/mol. The van der Waals surface area contributed by atoms with Gasteiger partial charge in [-0.2, -0.15) is 0 Å². The summed E-state index contributed by atoms with van der Waals surface area (Å²) in [7, 11) is -3.66. The molecular formula is C25H31N3O4S2. The van der Waals surface area contributed by atoms with Gasteiger partial charge in [-0.05, 0) is 35.8 Å². The minimum Gasteiger partial charge on any atom is -0.376 e. The van der Waals surface area contributed by atoms with Crippen molar-refractivity contribution in [2.24, 2.45) is 5.92 Å². The quantitative estimate of drug-likeness (QED) is 0.411. The van der Waals surface area contributed by atoms with Crippen LogP contribution in [0.15, 0.2) is 59.2 Å². The number of nitrogens with zero attached hydrogens (tertiary/aromatic N) is 3. The fraction of sp³-hybridized carbons (Fsp3) is 0.440. The average Bonchev–Trinajstić information content (AvgIpc) is 3.56. The molecular weight excluding hydrogens is 470 g/mol. The minimum absolute atomic E-state index is 0.00772. The molecule has 0 bridgehead atoms. The van der Waals surface area contributed by atoms with Crippen LogP contribution >= 0.6 is 11.3 Å². The highest BCUT2D eigenvalue weighted by molar-refractivity contribution is 7.90. The van der Waals surface area contributed by atoms with E-state index in [1.165, 1.54) is 11.3 Å². The number of amides is 1. The molecule has 0 aliphatic carbocycles. The lowest BCUT2D eigenvalue weighted by Crippen LogP contribution is -2.37. The molecule has 1 fully saturated rings. The van der Waals surface area contributed by atoms with Crippen molar-refractivity contribution in [3.8, 4) is 0 Å². The van der Waals surface area contributed by atoms with Crippen LogP contribution in [0.4, 0.5) is 0 Å². The number of rotatable bonds is 10. The van der Waals surface area contributed by atoms with E-state index in [1.807, 2.05) is 49.6 Å². The van der Waals surface area contributed by atoms with Crippen LogP contribution in [0, 0.1) is 5.92 Å². The Morgan fingerprint density at radius 2 is 2.03 bits per heavy atom. The molecule has 0 saturated carbocycles. The van der Waals surface area contributed by atoms with E-state index in [9.17, 15) is 13.2 Å². The van der Waals surface area contributed by atoms with Crippen LogP contribution in [-0.4, -0.2) is 48.0 Å². The Labute approximate surface area is 205 Å². The normalized spacial score (nSPS) is 16.3. The van der Waals surface area contributed by atoms with Crippen molar-refractivity contribution in [2.75, 3.05) is 13.2 Å². The first-order chi connectivity index (χ1) is 16.3. The van der Waals surface area contributed by atoms with Gasteiger partial charge < -0.3 is 14.2 Å². The van der Waals surface area contributed by atoms with Gasteiger partial charge in [0.15, 0.2) is 0 Å². The molecule has 0 N–H and O–H groups in total. The van der Waals surface area contributed by atoms with Gasteiger partial charge in [0, 0.05) is 19.7 Å². The van der Waals surface area contributed by atoms with E-state index in [0.717, 1.165) is 18.4 Å². The number of imidazole rings is 1. The standard InChI is InChI=1S/C25H31N3O4S2/c1-19(2)15-28-21(14-26-25(28)34(30,31)18-20-8-4-3-5-9-20)16-27(17-22-10-6-12-32-22)24(29)23-11-7-13-33-23/h3-5,7-9,11,13-14,19,22H,6,10,12,15-18H2,1-2H3. The maximum atomic E-state index is 13.3. The highest BCUT2D eigenvalue weighted by Gasteiger charge is 2.28. The van der Waals surface area contributed by atoms with Crippen molar-refractivity contribution in [2.45, 2.75) is 56.8 Å². The predicted octanol–water partition coefficient (Wildman–Crippen LogP) is 4.40. The lowest BCUT2D eigenvalue weighted by atomic mass is 10.2. The van der Waals surface area contributed by atoms with Gasteiger partial charge in [-0.3, -0.25) is 4.79 Å². The first-order valence-electron chi connectivity index (χ1n) is 11.6. The first kappa shape index (κ1) is 24.6. The van der Waals surface area contributed by atoms with Crippen molar-refractivity contribution >= 4 is 27.1 Å². The van der Waals surface area contributed by atoms with E-state index < -0.39 is 9.84 Å². The van der Waals surface area contributed by atoms with Crippen molar-refractivity contribution in [3.05, 3.63) is 70.2 Å². The summed E-state index contributed by atoms with van der Waals surface area (Å²) in [6.45, 7) is 6.03. The van der Waals surface area contributed by atoms with Gasteiger partial charge in [0.2, 0.25) is 15.0 Å². The van der Waals surface area contributed by atoms with Gasteiger partial charge in [0.25, 0.3) is 5.91 Å². The summed E-state index contributed by atoms with van der Waals surface area (Å²) in [5.41, 5.74) is 1.43. The molecule has 3 aromatic rings. The van der Waals surface area contributed by atoms with Gasteiger partial charge in [0.05, 0.1) is 35.2 Å². The third-order valence-electron chi connectivity index (χ3n) is 5.75. The summed E-state index contributed by atoms with van der Waals surface area (Å²) >= 11 is 1.40. The van der Waals surface area contributed by atoms with E-state index in [2.05, 4.69) is 4.98 Å². The number of ether oxygens (including phenoxy) is 1. The van der Waals surface area contributed by atoms with Gasteiger partial charge in [-0.25, -0.2) is 13.4 Å². The summed E-state index contributed by atoms with van der Waals surface area (Å²) in [6.07, 6.45) is 3.49. The highest BCUT2D eigenvalue weighted by Crippen LogP contribution is 2.23. The number of hydrogen-bond acceptors (Lipinski definition) is 6. The minimum atomic E-state index is -3.66. The smallest absolute Gasteiger partial charge is 0.264 e. The molecule has 1 unspecified atom stereocenters. The predicted molar refractivity (Wildman–Crippen MR) is 132 cm³/mol. The Hall–Kier alpha value is -2.49. The number of benzene rings is 1. The van der Waals surface area contributed by atoms with Crippen molar-refractivity contribution in [1.29, 1.82) is 0 Å². The molecule has 182 valence electrons. The van der Waals surface area contributed by atoms with Crippen LogP contribution in [0.5, 0.6) is 0 Å². The van der Waals surface area contributed by atoms with Gasteiger partial charge in [0.1, 0.15) is 0 Å². The fourth-order valence-corrected chi connectivity index (χ4v) is 6.38. The molecule has 0 spiro atoms. The molecule has 9 heteroatoms. The van der Waals surface area contributed by atoms with Crippen LogP contribution in [0.3, 0.4) is 0 Å². The van der Waals surface area contributed by atoms with E-state index in [-0.39, 0.29) is 35.4 Å². The lowest BCUT2D eigenvalue weighted by Gasteiger charge is -2.26. The summed E-state index contributed by atoms with van der Waals surface area (Å²) in [6, 6.07) is 12.8. The van der Waals surface area contributed by atoms with E-state index in [4.69, 9.17) is 4.74 Å². The molecule has 2 aromatic heterocycles. The Kier molecular flexibility index (Phi) is 7.85. The Bertz CT molecular complexity index is 1180. The third kappa shape index (κ3) is 5.95. The van der Waals surface area contributed by atoms with Crippen LogP contribution in [-0.2, 0) is 33.4 Å². The molecule has 0 radical (unpaired) electrons. The van der Waals surface area contributed by atoms with Crippen LogP contribution < -0.4 is 0 Å². The molecule has 1 aliphatic heterocycles. The van der Waals surface area contributed by atoms with Crippen molar-refractivity contribution < 1.29 is 17.9 Å². The first-order valence-corrected chi connectivity index (χ1v) is 14.1. The second-order valence-electron chi connectivity index (χ2n) is 9.08. The van der Waals surface area contributed by atoms with Gasteiger partial charge in [-0.15, -0.1) is 11.3 Å². The summed E-state index contributed by atoms with van der Waals surface area (Å²) < 4.78 is 34.2. The third-order valence-corrected chi connectivity index (χ3v) is 8.20.